The van der Waals surface area contributed by atoms with E-state index in [4.69, 9.17) is 10.2 Å². The second kappa shape index (κ2) is 5.25. The summed E-state index contributed by atoms with van der Waals surface area (Å²) in [6.45, 7) is 3.71. The average Bonchev–Trinajstić information content (AvgIpc) is 2.99. The molecule has 0 atom stereocenters. The van der Waals surface area contributed by atoms with Gasteiger partial charge in [0, 0.05) is 23.8 Å². The molecule has 2 heterocycles. The van der Waals surface area contributed by atoms with Crippen molar-refractivity contribution in [3.63, 3.8) is 0 Å². The van der Waals surface area contributed by atoms with Crippen LogP contribution in [0.25, 0.3) is 10.9 Å². The zero-order valence-corrected chi connectivity index (χ0v) is 11.4. The number of benzene rings is 1. The van der Waals surface area contributed by atoms with Crippen LogP contribution in [0, 0.1) is 0 Å². The minimum Gasteiger partial charge on any atom is -0.467 e. The highest BCUT2D eigenvalue weighted by molar-refractivity contribution is 5.98. The Labute approximate surface area is 117 Å². The van der Waals surface area contributed by atoms with Crippen molar-refractivity contribution in [1.82, 2.24) is 4.98 Å². The summed E-state index contributed by atoms with van der Waals surface area (Å²) < 4.78 is 5.44. The van der Waals surface area contributed by atoms with Gasteiger partial charge in [-0.25, -0.2) is 0 Å². The fourth-order valence-corrected chi connectivity index (χ4v) is 2.39. The number of nitrogen functional groups attached to an aromatic ring is 1. The molecule has 3 rings (SSSR count). The van der Waals surface area contributed by atoms with Crippen molar-refractivity contribution < 1.29 is 4.42 Å². The van der Waals surface area contributed by atoms with E-state index < -0.39 is 0 Å². The quantitative estimate of drug-likeness (QED) is 0.736. The zero-order valence-electron chi connectivity index (χ0n) is 11.4. The van der Waals surface area contributed by atoms with Crippen LogP contribution in [0.15, 0.2) is 53.3 Å². The Bertz CT molecular complexity index is 707. The van der Waals surface area contributed by atoms with Crippen LogP contribution in [-0.4, -0.2) is 11.5 Å². The SMILES string of the molecule is CCN(Cc1ccco1)c1ccc(N)c2cccnc12. The first kappa shape index (κ1) is 12.5. The average molecular weight is 267 g/mol. The number of aromatic nitrogens is 1. The number of anilines is 2. The molecule has 4 heteroatoms. The summed E-state index contributed by atoms with van der Waals surface area (Å²) in [6, 6.07) is 11.8. The van der Waals surface area contributed by atoms with E-state index in [1.807, 2.05) is 36.4 Å². The van der Waals surface area contributed by atoms with Crippen molar-refractivity contribution in [2.24, 2.45) is 0 Å². The number of furan rings is 1. The second-order valence-corrected chi connectivity index (χ2v) is 4.67. The van der Waals surface area contributed by atoms with Gasteiger partial charge in [-0.3, -0.25) is 4.98 Å². The second-order valence-electron chi connectivity index (χ2n) is 4.67. The van der Waals surface area contributed by atoms with Crippen LogP contribution in [0.4, 0.5) is 11.4 Å². The molecule has 2 aromatic heterocycles. The molecule has 102 valence electrons. The molecule has 20 heavy (non-hydrogen) atoms. The van der Waals surface area contributed by atoms with Gasteiger partial charge >= 0.3 is 0 Å². The van der Waals surface area contributed by atoms with Crippen molar-refractivity contribution in [3.8, 4) is 0 Å². The van der Waals surface area contributed by atoms with Crippen LogP contribution >= 0.6 is 0 Å². The minimum absolute atomic E-state index is 0.721. The van der Waals surface area contributed by atoms with Gasteiger partial charge in [-0.1, -0.05) is 0 Å². The Balaban J connectivity index is 2.05. The fourth-order valence-electron chi connectivity index (χ4n) is 2.39. The van der Waals surface area contributed by atoms with E-state index in [2.05, 4.69) is 16.8 Å². The van der Waals surface area contributed by atoms with Crippen molar-refractivity contribution in [2.45, 2.75) is 13.5 Å². The molecule has 0 unspecified atom stereocenters. The summed E-state index contributed by atoms with van der Waals surface area (Å²) in [5.41, 5.74) is 8.79. The lowest BCUT2D eigenvalue weighted by Crippen LogP contribution is -2.22. The zero-order chi connectivity index (χ0) is 13.9. The Morgan fingerprint density at radius 2 is 2.10 bits per heavy atom. The van der Waals surface area contributed by atoms with E-state index in [1.165, 1.54) is 0 Å². The minimum atomic E-state index is 0.721. The van der Waals surface area contributed by atoms with Gasteiger partial charge in [0.25, 0.3) is 0 Å². The summed E-state index contributed by atoms with van der Waals surface area (Å²) in [4.78, 5) is 6.72. The third kappa shape index (κ3) is 2.20. The summed E-state index contributed by atoms with van der Waals surface area (Å²) in [5, 5.41) is 0.989. The Morgan fingerprint density at radius 1 is 1.20 bits per heavy atom. The molecule has 3 aromatic rings. The summed E-state index contributed by atoms with van der Waals surface area (Å²) in [7, 11) is 0. The molecule has 0 bridgehead atoms. The third-order valence-electron chi connectivity index (χ3n) is 3.43. The van der Waals surface area contributed by atoms with Crippen molar-refractivity contribution >= 4 is 22.3 Å². The summed E-state index contributed by atoms with van der Waals surface area (Å²) in [5.74, 6) is 0.938. The topological polar surface area (TPSA) is 55.3 Å². The van der Waals surface area contributed by atoms with Gasteiger partial charge in [-0.2, -0.15) is 0 Å². The maximum absolute atomic E-state index is 6.03. The highest BCUT2D eigenvalue weighted by Crippen LogP contribution is 2.30. The largest absolute Gasteiger partial charge is 0.467 e. The van der Waals surface area contributed by atoms with Crippen molar-refractivity contribution in [1.29, 1.82) is 0 Å². The number of hydrogen-bond donors (Lipinski definition) is 1. The fraction of sp³-hybridized carbons (Fsp3) is 0.188. The number of pyridine rings is 1. The standard InChI is InChI=1S/C16H17N3O/c1-2-19(11-12-5-4-10-20-12)15-8-7-14(17)13-6-3-9-18-16(13)15/h3-10H,2,11,17H2,1H3. The first-order chi connectivity index (χ1) is 9.79. The highest BCUT2D eigenvalue weighted by atomic mass is 16.3. The number of nitrogens with two attached hydrogens (primary N) is 1. The summed E-state index contributed by atoms with van der Waals surface area (Å²) >= 11 is 0. The molecule has 2 N–H and O–H groups in total. The third-order valence-corrected chi connectivity index (χ3v) is 3.43. The molecule has 0 fully saturated rings. The molecule has 0 saturated heterocycles. The Morgan fingerprint density at radius 3 is 2.85 bits per heavy atom. The van der Waals surface area contributed by atoms with Gasteiger partial charge in [0.15, 0.2) is 0 Å². The molecular weight excluding hydrogens is 250 g/mol. The van der Waals surface area contributed by atoms with Gasteiger partial charge in [0.1, 0.15) is 5.76 Å². The van der Waals surface area contributed by atoms with Crippen molar-refractivity contribution in [3.05, 3.63) is 54.6 Å². The lowest BCUT2D eigenvalue weighted by molar-refractivity contribution is 0.504. The number of fused-ring (bicyclic) bond motifs is 1. The van der Waals surface area contributed by atoms with Gasteiger partial charge < -0.3 is 15.1 Å². The molecule has 0 aliphatic heterocycles. The Hall–Kier alpha value is -2.49. The van der Waals surface area contributed by atoms with Crippen LogP contribution in [0.2, 0.25) is 0 Å². The molecule has 0 aliphatic rings. The number of hydrogen-bond acceptors (Lipinski definition) is 4. The predicted octanol–water partition coefficient (Wildman–Crippen LogP) is 3.44. The van der Waals surface area contributed by atoms with Crippen LogP contribution in [-0.2, 0) is 6.54 Å². The molecule has 0 aliphatic carbocycles. The van der Waals surface area contributed by atoms with E-state index in [9.17, 15) is 0 Å². The van der Waals surface area contributed by atoms with Crippen LogP contribution < -0.4 is 10.6 Å². The maximum Gasteiger partial charge on any atom is 0.123 e. The first-order valence-corrected chi connectivity index (χ1v) is 6.70. The lowest BCUT2D eigenvalue weighted by atomic mass is 10.1. The molecule has 0 amide bonds. The van der Waals surface area contributed by atoms with Gasteiger partial charge in [0.2, 0.25) is 0 Å². The molecular formula is C16H17N3O. The predicted molar refractivity (Wildman–Crippen MR) is 81.6 cm³/mol. The van der Waals surface area contributed by atoms with Gasteiger partial charge in [-0.15, -0.1) is 0 Å². The van der Waals surface area contributed by atoms with Crippen LogP contribution in [0.3, 0.4) is 0 Å². The summed E-state index contributed by atoms with van der Waals surface area (Å²) in [6.07, 6.45) is 3.49. The molecule has 0 saturated carbocycles. The van der Waals surface area contributed by atoms with E-state index in [-0.39, 0.29) is 0 Å². The van der Waals surface area contributed by atoms with Crippen molar-refractivity contribution in [2.75, 3.05) is 17.2 Å². The normalized spacial score (nSPS) is 10.8. The monoisotopic (exact) mass is 267 g/mol. The van der Waals surface area contributed by atoms with Gasteiger partial charge in [0.05, 0.1) is 24.0 Å². The molecule has 0 radical (unpaired) electrons. The number of nitrogens with zero attached hydrogens (tertiary/aromatic N) is 2. The smallest absolute Gasteiger partial charge is 0.123 e. The van der Waals surface area contributed by atoms with E-state index in [1.54, 1.807) is 12.5 Å². The molecule has 1 aromatic carbocycles. The van der Waals surface area contributed by atoms with Crippen LogP contribution in [0.5, 0.6) is 0 Å². The lowest BCUT2D eigenvalue weighted by Gasteiger charge is -2.23. The van der Waals surface area contributed by atoms with E-state index >= 15 is 0 Å². The first-order valence-electron chi connectivity index (χ1n) is 6.70. The van der Waals surface area contributed by atoms with Gasteiger partial charge in [-0.05, 0) is 43.3 Å². The maximum atomic E-state index is 6.03. The molecule has 4 nitrogen and oxygen atoms in total. The van der Waals surface area contributed by atoms with E-state index in [0.29, 0.717) is 0 Å². The Kier molecular flexibility index (Phi) is 3.29. The molecule has 0 spiro atoms. The van der Waals surface area contributed by atoms with E-state index in [0.717, 1.165) is 41.1 Å². The highest BCUT2D eigenvalue weighted by Gasteiger charge is 2.12. The number of rotatable bonds is 4. The van der Waals surface area contributed by atoms with Crippen LogP contribution in [0.1, 0.15) is 12.7 Å².